The maximum Gasteiger partial charge on any atom is 0.254 e. The van der Waals surface area contributed by atoms with Crippen LogP contribution in [0.15, 0.2) is 66.7 Å². The number of carbonyl (C=O) groups excluding carboxylic acids is 1. The Morgan fingerprint density at radius 3 is 2.40 bits per heavy atom. The lowest BCUT2D eigenvalue weighted by molar-refractivity contribution is 0.0576. The number of carbonyl (C=O) groups is 1. The van der Waals surface area contributed by atoms with Crippen molar-refractivity contribution in [1.29, 1.82) is 0 Å². The monoisotopic (exact) mass is 472 g/mol. The molecule has 3 aromatic carbocycles. The van der Waals surface area contributed by atoms with Gasteiger partial charge in [0.25, 0.3) is 5.91 Å². The average Bonchev–Trinajstić information content (AvgIpc) is 2.87. The van der Waals surface area contributed by atoms with E-state index in [1.165, 1.54) is 5.56 Å². The van der Waals surface area contributed by atoms with Crippen molar-refractivity contribution in [1.82, 2.24) is 10.2 Å². The van der Waals surface area contributed by atoms with Crippen LogP contribution in [0.4, 0.5) is 0 Å². The third kappa shape index (κ3) is 6.23. The molecule has 2 unspecified atom stereocenters. The van der Waals surface area contributed by atoms with E-state index >= 15 is 0 Å². The predicted octanol–water partition coefficient (Wildman–Crippen LogP) is 5.33. The molecule has 1 fully saturated rings. The molecule has 184 valence electrons. The van der Waals surface area contributed by atoms with E-state index in [0.29, 0.717) is 12.6 Å². The van der Waals surface area contributed by atoms with Crippen molar-refractivity contribution in [3.63, 3.8) is 0 Å². The highest BCUT2D eigenvalue weighted by Gasteiger charge is 2.32. The van der Waals surface area contributed by atoms with Crippen LogP contribution in [0.3, 0.4) is 0 Å². The largest absolute Gasteiger partial charge is 0.497 e. The van der Waals surface area contributed by atoms with Gasteiger partial charge in [-0.05, 0) is 69.0 Å². The van der Waals surface area contributed by atoms with Gasteiger partial charge in [-0.1, -0.05) is 47.5 Å². The minimum Gasteiger partial charge on any atom is -0.497 e. The molecule has 0 radical (unpaired) electrons. The molecule has 1 heterocycles. The standard InChI is InChI=1S/C30H36N2O3/c1-21-14-22(2)16-24(15-21)30(33)32-13-12-26(19-27(32)17-23-8-6-5-7-9-23)31-20-25-18-28(34-3)10-11-29(25)35-4/h5-11,14-16,18,26-27,31H,12-13,17,19-20H2,1-4H3. The van der Waals surface area contributed by atoms with Gasteiger partial charge in [0.05, 0.1) is 14.2 Å². The lowest BCUT2D eigenvalue weighted by atomic mass is 9.91. The minimum absolute atomic E-state index is 0.129. The van der Waals surface area contributed by atoms with E-state index in [1.807, 2.05) is 50.2 Å². The lowest BCUT2D eigenvalue weighted by Crippen LogP contribution is -2.51. The van der Waals surface area contributed by atoms with Gasteiger partial charge < -0.3 is 19.7 Å². The molecule has 0 aliphatic carbocycles. The number of hydrogen-bond acceptors (Lipinski definition) is 4. The second-order valence-corrected chi connectivity index (χ2v) is 9.50. The number of ether oxygens (including phenoxy) is 2. The topological polar surface area (TPSA) is 50.8 Å². The summed E-state index contributed by atoms with van der Waals surface area (Å²) in [5.74, 6) is 1.80. The van der Waals surface area contributed by atoms with Gasteiger partial charge in [0.1, 0.15) is 11.5 Å². The summed E-state index contributed by atoms with van der Waals surface area (Å²) in [5, 5.41) is 3.72. The fraction of sp³-hybridized carbons (Fsp3) is 0.367. The number of amides is 1. The highest BCUT2D eigenvalue weighted by atomic mass is 16.5. The number of benzene rings is 3. The molecule has 1 N–H and O–H groups in total. The number of hydrogen-bond donors (Lipinski definition) is 1. The summed E-state index contributed by atoms with van der Waals surface area (Å²) in [5.41, 5.74) is 5.35. The Morgan fingerprint density at radius 1 is 0.971 bits per heavy atom. The second-order valence-electron chi connectivity index (χ2n) is 9.50. The van der Waals surface area contributed by atoms with Crippen LogP contribution in [0.25, 0.3) is 0 Å². The fourth-order valence-electron chi connectivity index (χ4n) is 5.12. The van der Waals surface area contributed by atoms with Crippen LogP contribution in [0.1, 0.15) is 45.5 Å². The van der Waals surface area contributed by atoms with Gasteiger partial charge in [-0.25, -0.2) is 0 Å². The molecule has 0 aromatic heterocycles. The molecule has 0 spiro atoms. The van der Waals surface area contributed by atoms with Crippen molar-refractivity contribution in [2.45, 2.75) is 51.7 Å². The van der Waals surface area contributed by atoms with E-state index in [0.717, 1.165) is 59.6 Å². The molecular weight excluding hydrogens is 436 g/mol. The smallest absolute Gasteiger partial charge is 0.254 e. The van der Waals surface area contributed by atoms with Gasteiger partial charge >= 0.3 is 0 Å². The van der Waals surface area contributed by atoms with Crippen LogP contribution in [0.5, 0.6) is 11.5 Å². The van der Waals surface area contributed by atoms with Crippen LogP contribution >= 0.6 is 0 Å². The molecule has 0 bridgehead atoms. The van der Waals surface area contributed by atoms with E-state index in [-0.39, 0.29) is 11.9 Å². The zero-order valence-electron chi connectivity index (χ0n) is 21.2. The Hall–Kier alpha value is -3.31. The Labute approximate surface area is 209 Å². The van der Waals surface area contributed by atoms with Crippen molar-refractivity contribution in [3.8, 4) is 11.5 Å². The first-order chi connectivity index (χ1) is 17.0. The van der Waals surface area contributed by atoms with Crippen LogP contribution in [-0.2, 0) is 13.0 Å². The minimum atomic E-state index is 0.129. The fourth-order valence-corrected chi connectivity index (χ4v) is 5.12. The zero-order valence-corrected chi connectivity index (χ0v) is 21.2. The number of nitrogens with zero attached hydrogens (tertiary/aromatic N) is 1. The van der Waals surface area contributed by atoms with Gasteiger partial charge in [0.15, 0.2) is 0 Å². The maximum atomic E-state index is 13.6. The molecule has 4 rings (SSSR count). The first-order valence-electron chi connectivity index (χ1n) is 12.3. The second kappa shape index (κ2) is 11.4. The van der Waals surface area contributed by atoms with Gasteiger partial charge in [-0.2, -0.15) is 0 Å². The first-order valence-corrected chi connectivity index (χ1v) is 12.3. The van der Waals surface area contributed by atoms with Crippen molar-refractivity contribution in [2.24, 2.45) is 0 Å². The number of methoxy groups -OCH3 is 2. The predicted molar refractivity (Wildman–Crippen MR) is 140 cm³/mol. The average molecular weight is 473 g/mol. The molecule has 1 saturated heterocycles. The summed E-state index contributed by atoms with van der Waals surface area (Å²) in [7, 11) is 3.37. The van der Waals surface area contributed by atoms with Gasteiger partial charge in [0, 0.05) is 36.3 Å². The van der Waals surface area contributed by atoms with Crippen molar-refractivity contribution < 1.29 is 14.3 Å². The Kier molecular flexibility index (Phi) is 8.09. The number of rotatable bonds is 8. The molecule has 1 amide bonds. The van der Waals surface area contributed by atoms with Crippen LogP contribution < -0.4 is 14.8 Å². The van der Waals surface area contributed by atoms with Crippen molar-refractivity contribution in [3.05, 3.63) is 94.5 Å². The molecule has 5 heteroatoms. The molecule has 1 aliphatic rings. The Bertz CT molecular complexity index is 1130. The molecular formula is C30H36N2O3. The summed E-state index contributed by atoms with van der Waals surface area (Å²) in [6, 6.07) is 22.9. The van der Waals surface area contributed by atoms with Crippen LogP contribution in [-0.4, -0.2) is 43.7 Å². The van der Waals surface area contributed by atoms with Gasteiger partial charge in [-0.15, -0.1) is 0 Å². The van der Waals surface area contributed by atoms with Crippen molar-refractivity contribution >= 4 is 5.91 Å². The van der Waals surface area contributed by atoms with Gasteiger partial charge in [-0.3, -0.25) is 4.79 Å². The van der Waals surface area contributed by atoms with Crippen LogP contribution in [0.2, 0.25) is 0 Å². The first kappa shape index (κ1) is 24.8. The number of nitrogens with one attached hydrogen (secondary N) is 1. The summed E-state index contributed by atoms with van der Waals surface area (Å²) in [4.78, 5) is 15.7. The summed E-state index contributed by atoms with van der Waals surface area (Å²) < 4.78 is 11.0. The van der Waals surface area contributed by atoms with E-state index < -0.39 is 0 Å². The molecule has 35 heavy (non-hydrogen) atoms. The third-order valence-corrected chi connectivity index (χ3v) is 6.83. The highest BCUT2D eigenvalue weighted by molar-refractivity contribution is 5.95. The Balaban J connectivity index is 1.51. The molecule has 5 nitrogen and oxygen atoms in total. The van der Waals surface area contributed by atoms with E-state index in [4.69, 9.17) is 9.47 Å². The third-order valence-electron chi connectivity index (χ3n) is 6.83. The number of aryl methyl sites for hydroxylation is 2. The SMILES string of the molecule is COc1ccc(OC)c(CNC2CCN(C(=O)c3cc(C)cc(C)c3)C(Cc3ccccc3)C2)c1. The maximum absolute atomic E-state index is 13.6. The highest BCUT2D eigenvalue weighted by Crippen LogP contribution is 2.27. The quantitative estimate of drug-likeness (QED) is 0.482. The molecule has 2 atom stereocenters. The molecule has 1 aliphatic heterocycles. The van der Waals surface area contributed by atoms with E-state index in [1.54, 1.807) is 14.2 Å². The lowest BCUT2D eigenvalue weighted by Gasteiger charge is -2.40. The van der Waals surface area contributed by atoms with Crippen molar-refractivity contribution in [2.75, 3.05) is 20.8 Å². The molecule has 0 saturated carbocycles. The van der Waals surface area contributed by atoms with E-state index in [9.17, 15) is 4.79 Å². The van der Waals surface area contributed by atoms with Crippen LogP contribution in [0, 0.1) is 13.8 Å². The summed E-state index contributed by atoms with van der Waals surface area (Å²) in [6.07, 6.45) is 2.66. The number of piperidine rings is 1. The van der Waals surface area contributed by atoms with E-state index in [2.05, 4.69) is 40.5 Å². The van der Waals surface area contributed by atoms with Gasteiger partial charge in [0.2, 0.25) is 0 Å². The summed E-state index contributed by atoms with van der Waals surface area (Å²) >= 11 is 0. The number of likely N-dealkylation sites (tertiary alicyclic amines) is 1. The Morgan fingerprint density at radius 2 is 1.71 bits per heavy atom. The normalized spacial score (nSPS) is 17.8. The molecule has 3 aromatic rings. The summed E-state index contributed by atoms with van der Waals surface area (Å²) in [6.45, 7) is 5.52. The zero-order chi connectivity index (χ0) is 24.8.